The van der Waals surface area contributed by atoms with E-state index in [0.717, 1.165) is 72.7 Å². The number of aromatic nitrogens is 3. The molecular weight excluding hydrogens is 490 g/mol. The molecule has 0 unspecified atom stereocenters. The van der Waals surface area contributed by atoms with Crippen LogP contribution in [-0.2, 0) is 19.5 Å². The fourth-order valence-corrected chi connectivity index (χ4v) is 4.85. The standard InChI is InChI=1S/C31H47N5.2C2H6/c1-5-9-11-12-13-14-21-33-22-24-17-19-25(20-18-24)23-36-28(16-10-6-2)35-29-30(36)26(8-4)27(15-7-3)34-31(29)32;2*1-2/h8,15,17-20,33H,5-7,9-14,16,21-23H2,1-4H3,(H2,32,34);2*1-2H3/b26-8+,27-15+;;. The summed E-state index contributed by atoms with van der Waals surface area (Å²) >= 11 is 0. The third-order valence-corrected chi connectivity index (χ3v) is 6.90. The second kappa shape index (κ2) is 21.1. The fourth-order valence-electron chi connectivity index (χ4n) is 4.85. The van der Waals surface area contributed by atoms with Crippen LogP contribution in [0.4, 0.5) is 5.82 Å². The van der Waals surface area contributed by atoms with Crippen LogP contribution < -0.4 is 21.6 Å². The highest BCUT2D eigenvalue weighted by Gasteiger charge is 2.16. The van der Waals surface area contributed by atoms with Gasteiger partial charge in [-0.15, -0.1) is 0 Å². The zero-order valence-corrected chi connectivity index (χ0v) is 27.1. The van der Waals surface area contributed by atoms with Gasteiger partial charge < -0.3 is 15.6 Å². The Kier molecular flexibility index (Phi) is 18.7. The number of nitrogens with zero attached hydrogens (tertiary/aromatic N) is 3. The number of imidazole rings is 1. The second-order valence-electron chi connectivity index (χ2n) is 9.87. The summed E-state index contributed by atoms with van der Waals surface area (Å²) in [6.45, 7) is 19.5. The van der Waals surface area contributed by atoms with Gasteiger partial charge in [0.15, 0.2) is 5.82 Å². The van der Waals surface area contributed by atoms with E-state index in [1.807, 2.05) is 27.7 Å². The molecule has 40 heavy (non-hydrogen) atoms. The summed E-state index contributed by atoms with van der Waals surface area (Å²) in [5.41, 5.74) is 11.0. The minimum absolute atomic E-state index is 0.526. The van der Waals surface area contributed by atoms with Gasteiger partial charge in [-0.25, -0.2) is 9.97 Å². The van der Waals surface area contributed by atoms with Crippen molar-refractivity contribution in [3.63, 3.8) is 0 Å². The van der Waals surface area contributed by atoms with Gasteiger partial charge >= 0.3 is 0 Å². The van der Waals surface area contributed by atoms with E-state index in [9.17, 15) is 0 Å². The van der Waals surface area contributed by atoms with Crippen molar-refractivity contribution in [1.82, 2.24) is 19.9 Å². The van der Waals surface area contributed by atoms with E-state index in [1.54, 1.807) is 0 Å². The molecule has 0 aliphatic rings. The Morgan fingerprint density at radius 1 is 0.825 bits per heavy atom. The molecule has 0 saturated heterocycles. The largest absolute Gasteiger partial charge is 0.382 e. The van der Waals surface area contributed by atoms with Crippen LogP contribution in [0.25, 0.3) is 23.2 Å². The smallest absolute Gasteiger partial charge is 0.152 e. The maximum atomic E-state index is 6.41. The van der Waals surface area contributed by atoms with Crippen molar-refractivity contribution in [2.24, 2.45) is 0 Å². The molecule has 0 aliphatic heterocycles. The second-order valence-corrected chi connectivity index (χ2v) is 9.87. The first-order valence-electron chi connectivity index (χ1n) is 16.2. The van der Waals surface area contributed by atoms with Crippen molar-refractivity contribution in [1.29, 1.82) is 0 Å². The Morgan fingerprint density at radius 3 is 2.08 bits per heavy atom. The molecule has 0 atom stereocenters. The van der Waals surface area contributed by atoms with Gasteiger partial charge in [0.1, 0.15) is 11.3 Å². The zero-order chi connectivity index (χ0) is 29.8. The van der Waals surface area contributed by atoms with E-state index in [4.69, 9.17) is 10.7 Å². The number of hydrogen-bond acceptors (Lipinski definition) is 4. The lowest BCUT2D eigenvalue weighted by atomic mass is 10.1. The van der Waals surface area contributed by atoms with Crippen molar-refractivity contribution in [3.8, 4) is 0 Å². The first-order valence-corrected chi connectivity index (χ1v) is 16.2. The number of rotatable bonds is 15. The minimum Gasteiger partial charge on any atom is -0.382 e. The Morgan fingerprint density at radius 2 is 1.45 bits per heavy atom. The molecule has 2 heterocycles. The normalized spacial score (nSPS) is 11.8. The molecule has 0 spiro atoms. The molecule has 2 aromatic heterocycles. The summed E-state index contributed by atoms with van der Waals surface area (Å²) in [6.07, 6.45) is 16.4. The lowest BCUT2D eigenvalue weighted by Crippen LogP contribution is -2.31. The summed E-state index contributed by atoms with van der Waals surface area (Å²) in [7, 11) is 0. The first-order chi connectivity index (χ1) is 19.6. The zero-order valence-electron chi connectivity index (χ0n) is 27.1. The van der Waals surface area contributed by atoms with Crippen molar-refractivity contribution >= 4 is 29.0 Å². The molecule has 0 saturated carbocycles. The lowest BCUT2D eigenvalue weighted by molar-refractivity contribution is 0.572. The van der Waals surface area contributed by atoms with E-state index in [1.165, 1.54) is 49.7 Å². The van der Waals surface area contributed by atoms with Crippen LogP contribution in [0.15, 0.2) is 24.3 Å². The molecule has 0 bridgehead atoms. The van der Waals surface area contributed by atoms with Crippen molar-refractivity contribution in [2.45, 2.75) is 133 Å². The predicted molar refractivity (Wildman–Crippen MR) is 178 cm³/mol. The third-order valence-electron chi connectivity index (χ3n) is 6.90. The SMILES string of the molecule is C/C=c1\c(=C/CC)nc(N)c2nc(CCCC)n(Cc3ccc(CNCCCCCCCC)cc3)c12.CC.CC. The van der Waals surface area contributed by atoms with E-state index < -0.39 is 0 Å². The number of nitrogens with one attached hydrogen (secondary N) is 1. The van der Waals surface area contributed by atoms with Crippen molar-refractivity contribution in [3.05, 3.63) is 51.8 Å². The van der Waals surface area contributed by atoms with Gasteiger partial charge in [0, 0.05) is 24.7 Å². The number of unbranched alkanes of at least 4 members (excludes halogenated alkanes) is 6. The van der Waals surface area contributed by atoms with E-state index in [-0.39, 0.29) is 0 Å². The molecule has 3 aromatic rings. The number of aryl methyl sites for hydroxylation is 1. The van der Waals surface area contributed by atoms with E-state index in [0.29, 0.717) is 5.82 Å². The monoisotopic (exact) mass is 549 g/mol. The van der Waals surface area contributed by atoms with Crippen LogP contribution in [0.1, 0.15) is 130 Å². The molecule has 0 fully saturated rings. The molecule has 3 N–H and O–H groups in total. The Bertz CT molecular complexity index is 1190. The topological polar surface area (TPSA) is 68.8 Å². The van der Waals surface area contributed by atoms with Crippen molar-refractivity contribution < 1.29 is 0 Å². The van der Waals surface area contributed by atoms with E-state index >= 15 is 0 Å². The fraction of sp³-hybridized carbons (Fsp3) is 0.600. The minimum atomic E-state index is 0.526. The van der Waals surface area contributed by atoms with Crippen LogP contribution in [0, 0.1) is 0 Å². The predicted octanol–water partition coefficient (Wildman–Crippen LogP) is 7.90. The number of anilines is 1. The quantitative estimate of drug-likeness (QED) is 0.189. The molecule has 0 radical (unpaired) electrons. The van der Waals surface area contributed by atoms with Gasteiger partial charge in [0.05, 0.1) is 10.9 Å². The number of fused-ring (bicyclic) bond motifs is 1. The summed E-state index contributed by atoms with van der Waals surface area (Å²) in [5.74, 6) is 1.63. The number of hydrogen-bond donors (Lipinski definition) is 2. The highest BCUT2D eigenvalue weighted by Crippen LogP contribution is 2.20. The van der Waals surface area contributed by atoms with Gasteiger partial charge in [-0.1, -0.05) is 123 Å². The van der Waals surface area contributed by atoms with Gasteiger partial charge in [-0.3, -0.25) is 0 Å². The van der Waals surface area contributed by atoms with Gasteiger partial charge in [0.2, 0.25) is 0 Å². The molecule has 224 valence electrons. The Hall–Kier alpha value is -2.66. The third kappa shape index (κ3) is 10.7. The van der Waals surface area contributed by atoms with Gasteiger partial charge in [-0.2, -0.15) is 0 Å². The summed E-state index contributed by atoms with van der Waals surface area (Å²) < 4.78 is 2.37. The summed E-state index contributed by atoms with van der Waals surface area (Å²) in [5, 5.41) is 5.70. The highest BCUT2D eigenvalue weighted by atomic mass is 15.1. The molecule has 5 heteroatoms. The molecule has 1 aromatic carbocycles. The Labute approximate surface area is 245 Å². The summed E-state index contributed by atoms with van der Waals surface area (Å²) in [4.78, 5) is 9.67. The molecule has 0 aliphatic carbocycles. The van der Waals surface area contributed by atoms with Crippen LogP contribution >= 0.6 is 0 Å². The molecular formula is C35H59N5. The molecule has 3 rings (SSSR count). The molecule has 0 amide bonds. The van der Waals surface area contributed by atoms with Crippen LogP contribution in [-0.4, -0.2) is 21.1 Å². The van der Waals surface area contributed by atoms with Crippen LogP contribution in [0.3, 0.4) is 0 Å². The average Bonchev–Trinajstić information content (AvgIpc) is 3.35. The number of nitrogen functional groups attached to an aromatic ring is 1. The maximum absolute atomic E-state index is 6.41. The van der Waals surface area contributed by atoms with E-state index in [2.05, 4.69) is 79.0 Å². The highest BCUT2D eigenvalue weighted by molar-refractivity contribution is 5.86. The van der Waals surface area contributed by atoms with Gasteiger partial charge in [0.25, 0.3) is 0 Å². The maximum Gasteiger partial charge on any atom is 0.152 e. The van der Waals surface area contributed by atoms with Crippen molar-refractivity contribution in [2.75, 3.05) is 12.3 Å². The van der Waals surface area contributed by atoms with Crippen LogP contribution in [0.5, 0.6) is 0 Å². The first kappa shape index (κ1) is 35.4. The Balaban J connectivity index is 0.00000191. The number of benzene rings is 1. The number of pyridine rings is 1. The van der Waals surface area contributed by atoms with Gasteiger partial charge in [-0.05, 0) is 43.9 Å². The lowest BCUT2D eigenvalue weighted by Gasteiger charge is -2.11. The summed E-state index contributed by atoms with van der Waals surface area (Å²) in [6, 6.07) is 9.03. The average molecular weight is 550 g/mol. The number of nitrogens with two attached hydrogens (primary N) is 1. The van der Waals surface area contributed by atoms with Crippen LogP contribution in [0.2, 0.25) is 0 Å². The molecule has 5 nitrogen and oxygen atoms in total.